The summed E-state index contributed by atoms with van der Waals surface area (Å²) in [5.41, 5.74) is 1.84. The molecule has 1 aromatic carbocycles. The molecule has 0 aliphatic rings. The van der Waals surface area contributed by atoms with Crippen LogP contribution in [0.2, 0.25) is 5.15 Å². The highest BCUT2D eigenvalue weighted by Gasteiger charge is 2.19. The van der Waals surface area contributed by atoms with Crippen molar-refractivity contribution in [3.05, 3.63) is 58.9 Å². The van der Waals surface area contributed by atoms with E-state index in [2.05, 4.69) is 10.1 Å². The lowest BCUT2D eigenvalue weighted by molar-refractivity contribution is 0.0528. The molecule has 0 saturated carbocycles. The minimum absolute atomic E-state index is 0.289. The van der Waals surface area contributed by atoms with Crippen LogP contribution in [0, 0.1) is 0 Å². The van der Waals surface area contributed by atoms with Crippen molar-refractivity contribution in [1.29, 1.82) is 0 Å². The second-order valence-corrected chi connectivity index (χ2v) is 5.68. The molecule has 0 aliphatic heterocycles. The first-order valence-corrected chi connectivity index (χ1v) is 7.94. The zero-order valence-electron chi connectivity index (χ0n) is 13.4. The summed E-state index contributed by atoms with van der Waals surface area (Å²) in [6.07, 6.45) is 1.45. The number of nitrogens with zero attached hydrogens (tertiary/aromatic N) is 4. The Morgan fingerprint density at radius 3 is 2.79 bits per heavy atom. The number of fused-ring (bicyclic) bond motifs is 1. The summed E-state index contributed by atoms with van der Waals surface area (Å²) >= 11 is 6.15. The van der Waals surface area contributed by atoms with E-state index in [4.69, 9.17) is 16.3 Å². The van der Waals surface area contributed by atoms with Crippen molar-refractivity contribution >= 4 is 29.0 Å². The molecule has 0 fully saturated rings. The van der Waals surface area contributed by atoms with Crippen LogP contribution >= 0.6 is 11.6 Å². The van der Waals surface area contributed by atoms with Crippen LogP contribution in [0.4, 0.5) is 5.82 Å². The molecule has 24 heavy (non-hydrogen) atoms. The Kier molecular flexibility index (Phi) is 4.66. The van der Waals surface area contributed by atoms with Gasteiger partial charge in [-0.2, -0.15) is 9.61 Å². The van der Waals surface area contributed by atoms with E-state index in [1.807, 2.05) is 42.3 Å². The third kappa shape index (κ3) is 3.19. The maximum Gasteiger partial charge on any atom is 0.343 e. The SMILES string of the molecule is CCOC(=O)c1cnn2c(N(C)Cc3ccccc3)cc(Cl)nc12. The summed E-state index contributed by atoms with van der Waals surface area (Å²) in [5, 5.41) is 4.57. The van der Waals surface area contributed by atoms with Gasteiger partial charge in [0.15, 0.2) is 5.65 Å². The number of halogens is 1. The molecule has 124 valence electrons. The van der Waals surface area contributed by atoms with E-state index in [1.54, 1.807) is 17.5 Å². The van der Waals surface area contributed by atoms with Crippen LogP contribution in [0.5, 0.6) is 0 Å². The van der Waals surface area contributed by atoms with Gasteiger partial charge in [-0.3, -0.25) is 0 Å². The van der Waals surface area contributed by atoms with Gasteiger partial charge in [0.05, 0.1) is 12.8 Å². The summed E-state index contributed by atoms with van der Waals surface area (Å²) in [6.45, 7) is 2.71. The average Bonchev–Trinajstić information content (AvgIpc) is 2.99. The number of carbonyl (C=O) groups excluding carboxylic acids is 1. The van der Waals surface area contributed by atoms with Gasteiger partial charge in [-0.15, -0.1) is 0 Å². The van der Waals surface area contributed by atoms with Gasteiger partial charge in [-0.1, -0.05) is 41.9 Å². The van der Waals surface area contributed by atoms with Gasteiger partial charge in [-0.25, -0.2) is 9.78 Å². The molecule has 0 aliphatic carbocycles. The van der Waals surface area contributed by atoms with E-state index in [0.717, 1.165) is 11.4 Å². The fraction of sp³-hybridized carbons (Fsp3) is 0.235. The van der Waals surface area contributed by atoms with Crippen molar-refractivity contribution in [2.24, 2.45) is 0 Å². The molecular formula is C17H17ClN4O2. The zero-order valence-corrected chi connectivity index (χ0v) is 14.2. The number of hydrogen-bond donors (Lipinski definition) is 0. The summed E-state index contributed by atoms with van der Waals surface area (Å²) in [6, 6.07) is 11.8. The number of esters is 1. The van der Waals surface area contributed by atoms with E-state index in [0.29, 0.717) is 22.9 Å². The van der Waals surface area contributed by atoms with Crippen LogP contribution in [-0.4, -0.2) is 34.2 Å². The van der Waals surface area contributed by atoms with Crippen molar-refractivity contribution in [2.45, 2.75) is 13.5 Å². The van der Waals surface area contributed by atoms with E-state index >= 15 is 0 Å². The first-order chi connectivity index (χ1) is 11.6. The highest BCUT2D eigenvalue weighted by molar-refractivity contribution is 6.29. The third-order valence-corrected chi connectivity index (χ3v) is 3.76. The molecule has 0 radical (unpaired) electrons. The number of carbonyl (C=O) groups is 1. The topological polar surface area (TPSA) is 59.7 Å². The van der Waals surface area contributed by atoms with Crippen LogP contribution in [-0.2, 0) is 11.3 Å². The molecule has 2 aromatic heterocycles. The molecule has 0 spiro atoms. The second kappa shape index (κ2) is 6.88. The van der Waals surface area contributed by atoms with Crippen LogP contribution in [0.15, 0.2) is 42.6 Å². The molecule has 0 amide bonds. The Bertz CT molecular complexity index is 864. The molecule has 7 heteroatoms. The lowest BCUT2D eigenvalue weighted by Crippen LogP contribution is -2.20. The number of anilines is 1. The van der Waals surface area contributed by atoms with Gasteiger partial charge in [0.1, 0.15) is 16.5 Å². The largest absolute Gasteiger partial charge is 0.462 e. The van der Waals surface area contributed by atoms with E-state index in [-0.39, 0.29) is 6.61 Å². The molecule has 0 unspecified atom stereocenters. The van der Waals surface area contributed by atoms with Crippen LogP contribution in [0.25, 0.3) is 5.65 Å². The summed E-state index contributed by atoms with van der Waals surface area (Å²) < 4.78 is 6.64. The highest BCUT2D eigenvalue weighted by Crippen LogP contribution is 2.23. The van der Waals surface area contributed by atoms with Gasteiger partial charge in [0, 0.05) is 19.7 Å². The summed E-state index contributed by atoms with van der Waals surface area (Å²) in [4.78, 5) is 18.3. The fourth-order valence-electron chi connectivity index (χ4n) is 2.48. The maximum absolute atomic E-state index is 12.0. The van der Waals surface area contributed by atoms with Crippen LogP contribution in [0.1, 0.15) is 22.8 Å². The Morgan fingerprint density at radius 1 is 1.33 bits per heavy atom. The van der Waals surface area contributed by atoms with Gasteiger partial charge < -0.3 is 9.64 Å². The Hall–Kier alpha value is -2.60. The lowest BCUT2D eigenvalue weighted by Gasteiger charge is -2.20. The zero-order chi connectivity index (χ0) is 17.1. The van der Waals surface area contributed by atoms with E-state index < -0.39 is 5.97 Å². The van der Waals surface area contributed by atoms with Crippen molar-refractivity contribution < 1.29 is 9.53 Å². The lowest BCUT2D eigenvalue weighted by atomic mass is 10.2. The third-order valence-electron chi connectivity index (χ3n) is 3.57. The minimum atomic E-state index is -0.459. The van der Waals surface area contributed by atoms with E-state index in [1.165, 1.54) is 6.20 Å². The first-order valence-electron chi connectivity index (χ1n) is 7.56. The monoisotopic (exact) mass is 344 g/mol. The molecule has 3 rings (SSSR count). The van der Waals surface area contributed by atoms with Crippen LogP contribution in [0.3, 0.4) is 0 Å². The number of ether oxygens (including phenoxy) is 1. The number of hydrogen-bond acceptors (Lipinski definition) is 5. The van der Waals surface area contributed by atoms with Crippen molar-refractivity contribution in [3.8, 4) is 0 Å². The number of rotatable bonds is 5. The smallest absolute Gasteiger partial charge is 0.343 e. The van der Waals surface area contributed by atoms with Gasteiger partial charge in [0.2, 0.25) is 0 Å². The Morgan fingerprint density at radius 2 is 2.08 bits per heavy atom. The summed E-state index contributed by atoms with van der Waals surface area (Å²) in [7, 11) is 1.93. The average molecular weight is 345 g/mol. The Labute approximate surface area is 144 Å². The van der Waals surface area contributed by atoms with Crippen molar-refractivity contribution in [1.82, 2.24) is 14.6 Å². The fourth-order valence-corrected chi connectivity index (χ4v) is 2.66. The Balaban J connectivity index is 2.00. The molecule has 2 heterocycles. The van der Waals surface area contributed by atoms with Gasteiger partial charge in [0.25, 0.3) is 0 Å². The predicted octanol–water partition coefficient (Wildman–Crippen LogP) is 3.20. The highest BCUT2D eigenvalue weighted by atomic mass is 35.5. The molecular weight excluding hydrogens is 328 g/mol. The van der Waals surface area contributed by atoms with Crippen LogP contribution < -0.4 is 4.90 Å². The van der Waals surface area contributed by atoms with Gasteiger partial charge >= 0.3 is 5.97 Å². The maximum atomic E-state index is 12.0. The number of aromatic nitrogens is 3. The molecule has 0 atom stereocenters. The minimum Gasteiger partial charge on any atom is -0.462 e. The first kappa shape index (κ1) is 16.3. The van der Waals surface area contributed by atoms with E-state index in [9.17, 15) is 4.79 Å². The summed E-state index contributed by atoms with van der Waals surface area (Å²) in [5.74, 6) is 0.281. The van der Waals surface area contributed by atoms with Crippen molar-refractivity contribution in [3.63, 3.8) is 0 Å². The number of benzene rings is 1. The van der Waals surface area contributed by atoms with Crippen molar-refractivity contribution in [2.75, 3.05) is 18.6 Å². The normalized spacial score (nSPS) is 10.8. The molecule has 3 aromatic rings. The molecule has 6 nitrogen and oxygen atoms in total. The predicted molar refractivity (Wildman–Crippen MR) is 92.5 cm³/mol. The van der Waals surface area contributed by atoms with Gasteiger partial charge in [-0.05, 0) is 12.5 Å². The standard InChI is InChI=1S/C17H17ClN4O2/c1-3-24-17(23)13-10-19-22-15(9-14(18)20-16(13)22)21(2)11-12-7-5-4-6-8-12/h4-10H,3,11H2,1-2H3. The molecule has 0 N–H and O–H groups in total. The molecule has 0 bridgehead atoms. The second-order valence-electron chi connectivity index (χ2n) is 5.29. The quantitative estimate of drug-likeness (QED) is 0.525. The molecule has 0 saturated heterocycles.